The lowest BCUT2D eigenvalue weighted by Gasteiger charge is -2.12. The highest BCUT2D eigenvalue weighted by Crippen LogP contribution is 2.13. The smallest absolute Gasteiger partial charge is 0.126 e. The van der Waals surface area contributed by atoms with E-state index in [1.807, 2.05) is 36.5 Å². The van der Waals surface area contributed by atoms with E-state index in [0.717, 1.165) is 18.8 Å². The predicted molar refractivity (Wildman–Crippen MR) is 75.5 cm³/mol. The number of nitrogens with two attached hydrogens (primary N) is 1. The summed E-state index contributed by atoms with van der Waals surface area (Å²) in [5.74, 6) is 0.912. The van der Waals surface area contributed by atoms with Crippen LogP contribution < -0.4 is 11.1 Å². The van der Waals surface area contributed by atoms with Crippen molar-refractivity contribution in [2.45, 2.75) is 19.4 Å². The van der Waals surface area contributed by atoms with Gasteiger partial charge in [-0.3, -0.25) is 0 Å². The summed E-state index contributed by atoms with van der Waals surface area (Å²) in [6, 6.07) is 14.3. The van der Waals surface area contributed by atoms with E-state index in [2.05, 4.69) is 29.4 Å². The first kappa shape index (κ1) is 12.6. The molecular weight excluding hydrogens is 222 g/mol. The molecule has 94 valence electrons. The van der Waals surface area contributed by atoms with Crippen LogP contribution >= 0.6 is 0 Å². The quantitative estimate of drug-likeness (QED) is 0.846. The number of pyridine rings is 1. The van der Waals surface area contributed by atoms with Gasteiger partial charge in [-0.05, 0) is 36.6 Å². The Morgan fingerprint density at radius 2 is 2.00 bits per heavy atom. The fourth-order valence-electron chi connectivity index (χ4n) is 1.86. The highest BCUT2D eigenvalue weighted by atomic mass is 15.0. The van der Waals surface area contributed by atoms with E-state index in [4.69, 9.17) is 5.73 Å². The number of rotatable bonds is 5. The topological polar surface area (TPSA) is 50.9 Å². The van der Waals surface area contributed by atoms with Gasteiger partial charge in [0, 0.05) is 18.8 Å². The van der Waals surface area contributed by atoms with Crippen molar-refractivity contribution in [2.75, 3.05) is 11.9 Å². The van der Waals surface area contributed by atoms with Gasteiger partial charge in [-0.2, -0.15) is 0 Å². The van der Waals surface area contributed by atoms with Gasteiger partial charge in [0.25, 0.3) is 0 Å². The largest absolute Gasteiger partial charge is 0.370 e. The van der Waals surface area contributed by atoms with Crippen LogP contribution in [-0.2, 0) is 0 Å². The van der Waals surface area contributed by atoms with E-state index in [-0.39, 0.29) is 6.04 Å². The fraction of sp³-hybridized carbons (Fsp3) is 0.267. The number of hydrogen-bond acceptors (Lipinski definition) is 3. The van der Waals surface area contributed by atoms with Crippen LogP contribution in [0.25, 0.3) is 0 Å². The Morgan fingerprint density at radius 1 is 1.22 bits per heavy atom. The molecule has 1 aromatic heterocycles. The third-order valence-corrected chi connectivity index (χ3v) is 2.90. The monoisotopic (exact) mass is 241 g/mol. The molecule has 1 atom stereocenters. The van der Waals surface area contributed by atoms with Crippen molar-refractivity contribution < 1.29 is 0 Å². The van der Waals surface area contributed by atoms with E-state index in [1.54, 1.807) is 0 Å². The second-order valence-corrected chi connectivity index (χ2v) is 4.45. The van der Waals surface area contributed by atoms with Crippen molar-refractivity contribution >= 4 is 5.82 Å². The zero-order chi connectivity index (χ0) is 12.8. The van der Waals surface area contributed by atoms with Crippen LogP contribution in [0.3, 0.4) is 0 Å². The zero-order valence-corrected chi connectivity index (χ0v) is 10.6. The molecular formula is C15H19N3. The maximum Gasteiger partial charge on any atom is 0.126 e. The van der Waals surface area contributed by atoms with Gasteiger partial charge in [-0.15, -0.1) is 0 Å². The molecule has 3 nitrogen and oxygen atoms in total. The standard InChI is InChI=1S/C15H19N3/c1-12-7-9-17-15(11-12)18-10-8-14(16)13-5-3-2-4-6-13/h2-7,9,11,14H,8,10,16H2,1H3,(H,17,18). The van der Waals surface area contributed by atoms with Gasteiger partial charge in [0.2, 0.25) is 0 Å². The summed E-state index contributed by atoms with van der Waals surface area (Å²) in [5, 5.41) is 3.30. The molecule has 0 amide bonds. The predicted octanol–water partition coefficient (Wildman–Crippen LogP) is 2.89. The van der Waals surface area contributed by atoms with Crippen LogP contribution in [0.4, 0.5) is 5.82 Å². The molecule has 1 unspecified atom stereocenters. The van der Waals surface area contributed by atoms with E-state index < -0.39 is 0 Å². The third kappa shape index (κ3) is 3.57. The SMILES string of the molecule is Cc1ccnc(NCCC(N)c2ccccc2)c1. The lowest BCUT2D eigenvalue weighted by molar-refractivity contribution is 0.674. The number of anilines is 1. The summed E-state index contributed by atoms with van der Waals surface area (Å²) in [7, 11) is 0. The Bertz CT molecular complexity index is 482. The van der Waals surface area contributed by atoms with E-state index in [1.165, 1.54) is 11.1 Å². The number of nitrogens with zero attached hydrogens (tertiary/aromatic N) is 1. The molecule has 0 fully saturated rings. The first-order valence-electron chi connectivity index (χ1n) is 6.23. The summed E-state index contributed by atoms with van der Waals surface area (Å²) in [6.07, 6.45) is 2.70. The molecule has 0 radical (unpaired) electrons. The minimum atomic E-state index is 0.0727. The van der Waals surface area contributed by atoms with Crippen molar-refractivity contribution in [3.05, 3.63) is 59.8 Å². The highest BCUT2D eigenvalue weighted by Gasteiger charge is 2.04. The lowest BCUT2D eigenvalue weighted by Crippen LogP contribution is -2.15. The van der Waals surface area contributed by atoms with Crippen LogP contribution in [0.1, 0.15) is 23.6 Å². The Hall–Kier alpha value is -1.87. The summed E-state index contributed by atoms with van der Waals surface area (Å²) >= 11 is 0. The Morgan fingerprint density at radius 3 is 2.72 bits per heavy atom. The van der Waals surface area contributed by atoms with Crippen molar-refractivity contribution in [3.8, 4) is 0 Å². The van der Waals surface area contributed by atoms with Gasteiger partial charge in [0.05, 0.1) is 0 Å². The molecule has 1 heterocycles. The van der Waals surface area contributed by atoms with Crippen LogP contribution in [0.2, 0.25) is 0 Å². The molecule has 0 spiro atoms. The fourth-order valence-corrected chi connectivity index (χ4v) is 1.86. The highest BCUT2D eigenvalue weighted by molar-refractivity contribution is 5.36. The molecule has 3 N–H and O–H groups in total. The van der Waals surface area contributed by atoms with Crippen LogP contribution in [0, 0.1) is 6.92 Å². The van der Waals surface area contributed by atoms with Crippen molar-refractivity contribution in [1.82, 2.24) is 4.98 Å². The molecule has 18 heavy (non-hydrogen) atoms. The maximum absolute atomic E-state index is 6.13. The molecule has 2 rings (SSSR count). The average molecular weight is 241 g/mol. The van der Waals surface area contributed by atoms with Gasteiger partial charge in [0.15, 0.2) is 0 Å². The molecule has 0 saturated heterocycles. The molecule has 2 aromatic rings. The molecule has 0 bridgehead atoms. The van der Waals surface area contributed by atoms with Crippen LogP contribution in [-0.4, -0.2) is 11.5 Å². The Kier molecular flexibility index (Phi) is 4.31. The van der Waals surface area contributed by atoms with Crippen molar-refractivity contribution in [1.29, 1.82) is 0 Å². The first-order chi connectivity index (χ1) is 8.75. The summed E-state index contributed by atoms with van der Waals surface area (Å²) in [5.41, 5.74) is 8.51. The molecule has 0 aliphatic heterocycles. The van der Waals surface area contributed by atoms with Crippen LogP contribution in [0.5, 0.6) is 0 Å². The molecule has 0 saturated carbocycles. The van der Waals surface area contributed by atoms with Gasteiger partial charge in [-0.25, -0.2) is 4.98 Å². The van der Waals surface area contributed by atoms with Gasteiger partial charge in [-0.1, -0.05) is 30.3 Å². The minimum Gasteiger partial charge on any atom is -0.370 e. The van der Waals surface area contributed by atoms with E-state index in [0.29, 0.717) is 0 Å². The number of aromatic nitrogens is 1. The normalized spacial score (nSPS) is 12.1. The molecule has 0 aliphatic carbocycles. The van der Waals surface area contributed by atoms with Gasteiger partial charge >= 0.3 is 0 Å². The summed E-state index contributed by atoms with van der Waals surface area (Å²) < 4.78 is 0. The Balaban J connectivity index is 1.82. The summed E-state index contributed by atoms with van der Waals surface area (Å²) in [6.45, 7) is 2.88. The number of benzene rings is 1. The van der Waals surface area contributed by atoms with Crippen LogP contribution in [0.15, 0.2) is 48.7 Å². The van der Waals surface area contributed by atoms with Crippen molar-refractivity contribution in [2.24, 2.45) is 5.73 Å². The molecule has 1 aromatic carbocycles. The van der Waals surface area contributed by atoms with Crippen molar-refractivity contribution in [3.63, 3.8) is 0 Å². The van der Waals surface area contributed by atoms with E-state index >= 15 is 0 Å². The first-order valence-corrected chi connectivity index (χ1v) is 6.23. The zero-order valence-electron chi connectivity index (χ0n) is 10.6. The lowest BCUT2D eigenvalue weighted by atomic mass is 10.1. The third-order valence-electron chi connectivity index (χ3n) is 2.90. The van der Waals surface area contributed by atoms with Gasteiger partial charge in [0.1, 0.15) is 5.82 Å². The second-order valence-electron chi connectivity index (χ2n) is 4.45. The summed E-state index contributed by atoms with van der Waals surface area (Å²) in [4.78, 5) is 4.26. The molecule has 0 aliphatic rings. The second kappa shape index (κ2) is 6.17. The number of nitrogens with one attached hydrogen (secondary N) is 1. The number of aryl methyl sites for hydroxylation is 1. The average Bonchev–Trinajstić information content (AvgIpc) is 2.40. The van der Waals surface area contributed by atoms with Gasteiger partial charge < -0.3 is 11.1 Å². The van der Waals surface area contributed by atoms with E-state index in [9.17, 15) is 0 Å². The Labute approximate surface area is 108 Å². The minimum absolute atomic E-state index is 0.0727. The molecule has 3 heteroatoms. The maximum atomic E-state index is 6.13. The number of hydrogen-bond donors (Lipinski definition) is 2.